The van der Waals surface area contributed by atoms with Crippen LogP contribution in [0.15, 0.2) is 60.7 Å². The van der Waals surface area contributed by atoms with E-state index >= 15 is 0 Å². The number of benzene rings is 2. The van der Waals surface area contributed by atoms with Crippen molar-refractivity contribution in [1.82, 2.24) is 0 Å². The molecular formula is C24H32O5Si. The maximum absolute atomic E-state index is 9.09. The van der Waals surface area contributed by atoms with Crippen LogP contribution in [0, 0.1) is 0 Å². The molecule has 0 saturated carbocycles. The largest absolute Gasteiger partial charge is 0.399 e. The summed E-state index contributed by atoms with van der Waals surface area (Å²) in [4.78, 5) is 0. The fourth-order valence-electron chi connectivity index (χ4n) is 4.80. The molecule has 0 spiro atoms. The lowest BCUT2D eigenvalue weighted by Crippen LogP contribution is -2.68. The Hall–Kier alpha value is -1.54. The SMILES string of the molecule is CC(C)(C)[Si](O[C@H]1CO[C@H]2[C@@H]1OC[C@H]2OCCO)(c1ccccc1)c1ccccc1. The minimum absolute atomic E-state index is 0.00409. The number of aliphatic hydroxyl groups is 1. The molecule has 0 radical (unpaired) electrons. The van der Waals surface area contributed by atoms with Crippen molar-refractivity contribution >= 4 is 18.7 Å². The summed E-state index contributed by atoms with van der Waals surface area (Å²) in [7, 11) is -2.66. The van der Waals surface area contributed by atoms with E-state index in [4.69, 9.17) is 23.7 Å². The first-order chi connectivity index (χ1) is 14.5. The third kappa shape index (κ3) is 3.88. The molecule has 4 atom stereocenters. The first-order valence-corrected chi connectivity index (χ1v) is 12.6. The van der Waals surface area contributed by atoms with Gasteiger partial charge in [-0.05, 0) is 15.4 Å². The van der Waals surface area contributed by atoms with Gasteiger partial charge in [-0.1, -0.05) is 81.4 Å². The van der Waals surface area contributed by atoms with Gasteiger partial charge in [0, 0.05) is 0 Å². The van der Waals surface area contributed by atoms with E-state index in [1.54, 1.807) is 0 Å². The minimum Gasteiger partial charge on any atom is -0.399 e. The Kier molecular flexibility index (Phi) is 6.44. The van der Waals surface area contributed by atoms with E-state index in [9.17, 15) is 0 Å². The second-order valence-corrected chi connectivity index (χ2v) is 13.3. The van der Waals surface area contributed by atoms with E-state index in [0.29, 0.717) is 19.8 Å². The highest BCUT2D eigenvalue weighted by molar-refractivity contribution is 6.99. The first kappa shape index (κ1) is 21.7. The van der Waals surface area contributed by atoms with Gasteiger partial charge in [0.2, 0.25) is 0 Å². The number of aliphatic hydroxyl groups excluding tert-OH is 1. The molecule has 0 bridgehead atoms. The van der Waals surface area contributed by atoms with Crippen LogP contribution in [0.2, 0.25) is 5.04 Å². The summed E-state index contributed by atoms with van der Waals surface area (Å²) in [6.45, 7) is 8.06. The smallest absolute Gasteiger partial charge is 0.261 e. The highest BCUT2D eigenvalue weighted by Gasteiger charge is 2.56. The van der Waals surface area contributed by atoms with Crippen molar-refractivity contribution in [3.63, 3.8) is 0 Å². The van der Waals surface area contributed by atoms with Crippen molar-refractivity contribution in [2.24, 2.45) is 0 Å². The van der Waals surface area contributed by atoms with Gasteiger partial charge in [0.05, 0.1) is 32.5 Å². The zero-order chi connectivity index (χ0) is 21.2. The van der Waals surface area contributed by atoms with E-state index < -0.39 is 8.32 Å². The topological polar surface area (TPSA) is 57.2 Å². The lowest BCUT2D eigenvalue weighted by atomic mass is 10.1. The lowest BCUT2D eigenvalue weighted by molar-refractivity contribution is -0.0445. The molecule has 1 N–H and O–H groups in total. The molecule has 162 valence electrons. The van der Waals surface area contributed by atoms with E-state index in [0.717, 1.165) is 0 Å². The van der Waals surface area contributed by atoms with Crippen molar-refractivity contribution in [3.05, 3.63) is 60.7 Å². The molecule has 0 aromatic heterocycles. The summed E-state index contributed by atoms with van der Waals surface area (Å²) in [6, 6.07) is 21.2. The van der Waals surface area contributed by atoms with Gasteiger partial charge in [0.15, 0.2) is 0 Å². The molecule has 30 heavy (non-hydrogen) atoms. The molecule has 0 aliphatic carbocycles. The van der Waals surface area contributed by atoms with Crippen LogP contribution in [-0.2, 0) is 18.6 Å². The average molecular weight is 429 g/mol. The molecule has 2 aliphatic rings. The monoisotopic (exact) mass is 428 g/mol. The van der Waals surface area contributed by atoms with Gasteiger partial charge < -0.3 is 23.7 Å². The molecule has 2 aromatic rings. The van der Waals surface area contributed by atoms with Crippen molar-refractivity contribution in [1.29, 1.82) is 0 Å². The molecule has 2 aliphatic heterocycles. The summed E-state index contributed by atoms with van der Waals surface area (Å²) in [5.74, 6) is 0. The van der Waals surface area contributed by atoms with Gasteiger partial charge in [-0.15, -0.1) is 0 Å². The van der Waals surface area contributed by atoms with Gasteiger partial charge in [-0.2, -0.15) is 0 Å². The molecule has 0 unspecified atom stereocenters. The van der Waals surface area contributed by atoms with Gasteiger partial charge >= 0.3 is 0 Å². The van der Waals surface area contributed by atoms with Crippen LogP contribution in [0.5, 0.6) is 0 Å². The maximum atomic E-state index is 9.09. The summed E-state index contributed by atoms with van der Waals surface area (Å²) in [5.41, 5.74) is 0. The van der Waals surface area contributed by atoms with Crippen molar-refractivity contribution in [2.75, 3.05) is 26.4 Å². The number of hydrogen-bond acceptors (Lipinski definition) is 5. The normalized spacial score (nSPS) is 26.7. The molecule has 2 saturated heterocycles. The van der Waals surface area contributed by atoms with Gasteiger partial charge in [-0.25, -0.2) is 0 Å². The van der Waals surface area contributed by atoms with Gasteiger partial charge in [-0.3, -0.25) is 0 Å². The number of rotatable bonds is 7. The Morgan fingerprint density at radius 1 is 0.867 bits per heavy atom. The predicted molar refractivity (Wildman–Crippen MR) is 119 cm³/mol. The summed E-state index contributed by atoms with van der Waals surface area (Å²) in [6.07, 6.45) is -0.631. The average Bonchev–Trinajstić information content (AvgIpc) is 3.33. The van der Waals surface area contributed by atoms with E-state index in [-0.39, 0.29) is 36.1 Å². The zero-order valence-corrected chi connectivity index (χ0v) is 19.0. The molecule has 0 amide bonds. The van der Waals surface area contributed by atoms with Crippen LogP contribution in [0.25, 0.3) is 0 Å². The third-order valence-electron chi connectivity index (χ3n) is 6.13. The van der Waals surface area contributed by atoms with Crippen LogP contribution in [0.3, 0.4) is 0 Å². The number of fused-ring (bicyclic) bond motifs is 1. The Labute approximate surface area is 180 Å². The van der Waals surface area contributed by atoms with Crippen LogP contribution in [0.4, 0.5) is 0 Å². The molecule has 2 aromatic carbocycles. The first-order valence-electron chi connectivity index (χ1n) is 10.7. The van der Waals surface area contributed by atoms with Crippen molar-refractivity contribution in [2.45, 2.75) is 50.2 Å². The molecule has 2 fully saturated rings. The van der Waals surface area contributed by atoms with E-state index in [1.807, 2.05) is 12.1 Å². The quantitative estimate of drug-likeness (QED) is 0.685. The third-order valence-corrected chi connectivity index (χ3v) is 11.2. The highest BCUT2D eigenvalue weighted by atomic mass is 28.4. The molecule has 6 heteroatoms. The number of ether oxygens (including phenoxy) is 3. The summed E-state index contributed by atoms with van der Waals surface area (Å²) >= 11 is 0. The Morgan fingerprint density at radius 3 is 1.87 bits per heavy atom. The molecule has 4 rings (SSSR count). The Bertz CT molecular complexity index is 768. The van der Waals surface area contributed by atoms with Gasteiger partial charge in [0.1, 0.15) is 18.3 Å². The zero-order valence-electron chi connectivity index (χ0n) is 18.0. The summed E-state index contributed by atoms with van der Waals surface area (Å²) < 4.78 is 25.1. The van der Waals surface area contributed by atoms with Gasteiger partial charge in [0.25, 0.3) is 8.32 Å². The second kappa shape index (κ2) is 8.90. The predicted octanol–water partition coefficient (Wildman–Crippen LogP) is 2.11. The fourth-order valence-corrected chi connectivity index (χ4v) is 9.47. The van der Waals surface area contributed by atoms with Crippen LogP contribution in [0.1, 0.15) is 20.8 Å². The maximum Gasteiger partial charge on any atom is 0.261 e. The highest BCUT2D eigenvalue weighted by Crippen LogP contribution is 2.40. The van der Waals surface area contributed by atoms with Crippen molar-refractivity contribution < 1.29 is 23.7 Å². The van der Waals surface area contributed by atoms with Crippen molar-refractivity contribution in [3.8, 4) is 0 Å². The second-order valence-electron chi connectivity index (χ2n) is 9.05. The molecular weight excluding hydrogens is 396 g/mol. The van der Waals surface area contributed by atoms with E-state index in [2.05, 4.69) is 69.3 Å². The standard InChI is InChI=1S/C24H32O5Si/c1-24(2,3)30(18-10-6-4-7-11-18,19-12-8-5-9-13-19)29-21-17-28-22-20(26-15-14-25)16-27-23(21)22/h4-13,20-23,25H,14-17H2,1-3H3/t20-,21+,22-,23-/m1/s1. The lowest BCUT2D eigenvalue weighted by Gasteiger charge is -2.45. The summed E-state index contributed by atoms with van der Waals surface area (Å²) in [5, 5.41) is 11.5. The van der Waals surface area contributed by atoms with Crippen LogP contribution in [-0.4, -0.2) is 64.3 Å². The minimum atomic E-state index is -2.66. The fraction of sp³-hybridized carbons (Fsp3) is 0.500. The van der Waals surface area contributed by atoms with Crippen LogP contribution < -0.4 is 10.4 Å². The Balaban J connectivity index is 1.70. The van der Waals surface area contributed by atoms with Crippen LogP contribution >= 0.6 is 0 Å². The molecule has 2 heterocycles. The molecule has 5 nitrogen and oxygen atoms in total. The number of hydrogen-bond donors (Lipinski definition) is 1. The Morgan fingerprint density at radius 2 is 1.37 bits per heavy atom. The van der Waals surface area contributed by atoms with E-state index in [1.165, 1.54) is 10.4 Å².